The fourth-order valence-electron chi connectivity index (χ4n) is 2.92. The Labute approximate surface area is 127 Å². The fourth-order valence-corrected chi connectivity index (χ4v) is 4.37. The summed E-state index contributed by atoms with van der Waals surface area (Å²) in [5.74, 6) is 0.283. The number of nitrogens with one attached hydrogen (secondary N) is 1. The van der Waals surface area contributed by atoms with Gasteiger partial charge in [-0.1, -0.05) is 6.92 Å². The molecule has 0 aliphatic carbocycles. The lowest BCUT2D eigenvalue weighted by molar-refractivity contribution is -0.135. The van der Waals surface area contributed by atoms with E-state index < -0.39 is 9.84 Å². The van der Waals surface area contributed by atoms with E-state index >= 15 is 0 Å². The van der Waals surface area contributed by atoms with Crippen LogP contribution in [0.5, 0.6) is 0 Å². The lowest BCUT2D eigenvalue weighted by Gasteiger charge is -2.34. The molecule has 2 rings (SSSR count). The van der Waals surface area contributed by atoms with E-state index in [0.717, 1.165) is 32.4 Å². The molecular formula is C14H26N2O4S. The van der Waals surface area contributed by atoms with Crippen molar-refractivity contribution in [2.24, 2.45) is 0 Å². The molecule has 1 amide bonds. The molecule has 0 bridgehead atoms. The Hall–Kier alpha value is -0.660. The van der Waals surface area contributed by atoms with Gasteiger partial charge in [-0.25, -0.2) is 8.42 Å². The zero-order valence-electron chi connectivity index (χ0n) is 12.7. The van der Waals surface area contributed by atoms with Gasteiger partial charge in [-0.05, 0) is 19.3 Å². The number of hydrogen-bond donors (Lipinski definition) is 1. The quantitative estimate of drug-likeness (QED) is 0.783. The number of hydrogen-bond acceptors (Lipinski definition) is 5. The van der Waals surface area contributed by atoms with Gasteiger partial charge in [0.25, 0.3) is 0 Å². The molecule has 6 nitrogen and oxygen atoms in total. The number of amides is 1. The monoisotopic (exact) mass is 318 g/mol. The summed E-state index contributed by atoms with van der Waals surface area (Å²) in [4.78, 5) is 14.2. The molecule has 2 atom stereocenters. The molecule has 0 spiro atoms. The van der Waals surface area contributed by atoms with Crippen LogP contribution in [-0.2, 0) is 19.4 Å². The van der Waals surface area contributed by atoms with Crippen molar-refractivity contribution in [3.8, 4) is 0 Å². The fraction of sp³-hybridized carbons (Fsp3) is 0.929. The molecule has 2 unspecified atom stereocenters. The van der Waals surface area contributed by atoms with Gasteiger partial charge in [-0.2, -0.15) is 0 Å². The van der Waals surface area contributed by atoms with Crippen molar-refractivity contribution < 1.29 is 17.9 Å². The average molecular weight is 318 g/mol. The predicted molar refractivity (Wildman–Crippen MR) is 80.9 cm³/mol. The van der Waals surface area contributed by atoms with Crippen LogP contribution in [0.15, 0.2) is 0 Å². The second kappa shape index (κ2) is 7.56. The molecule has 0 aromatic rings. The number of carbonyl (C=O) groups excluding carboxylic acids is 1. The number of piperidine rings is 1. The van der Waals surface area contributed by atoms with Gasteiger partial charge in [0, 0.05) is 38.7 Å². The molecule has 122 valence electrons. The summed E-state index contributed by atoms with van der Waals surface area (Å²) in [6.45, 7) is 4.64. The van der Waals surface area contributed by atoms with Crippen LogP contribution in [0.3, 0.4) is 0 Å². The number of ether oxygens (including phenoxy) is 1. The first-order valence-corrected chi connectivity index (χ1v) is 9.65. The van der Waals surface area contributed by atoms with E-state index in [1.54, 1.807) is 0 Å². The van der Waals surface area contributed by atoms with Gasteiger partial charge in [0.15, 0.2) is 9.84 Å². The van der Waals surface area contributed by atoms with Gasteiger partial charge >= 0.3 is 0 Å². The minimum atomic E-state index is -2.99. The summed E-state index contributed by atoms with van der Waals surface area (Å²) < 4.78 is 28.9. The van der Waals surface area contributed by atoms with Gasteiger partial charge in [0.2, 0.25) is 5.91 Å². The van der Waals surface area contributed by atoms with Crippen molar-refractivity contribution >= 4 is 15.7 Å². The van der Waals surface area contributed by atoms with E-state index in [1.165, 1.54) is 0 Å². The van der Waals surface area contributed by atoms with E-state index in [4.69, 9.17) is 4.74 Å². The van der Waals surface area contributed by atoms with Crippen molar-refractivity contribution in [2.75, 3.05) is 37.7 Å². The molecule has 2 aliphatic rings. The van der Waals surface area contributed by atoms with Crippen LogP contribution in [0.4, 0.5) is 0 Å². The van der Waals surface area contributed by atoms with E-state index in [2.05, 4.69) is 12.2 Å². The highest BCUT2D eigenvalue weighted by Crippen LogP contribution is 2.16. The third kappa shape index (κ3) is 5.23. The first-order valence-electron chi connectivity index (χ1n) is 7.83. The van der Waals surface area contributed by atoms with Crippen LogP contribution in [-0.4, -0.2) is 69.1 Å². The Morgan fingerprint density at radius 2 is 2.24 bits per heavy atom. The topological polar surface area (TPSA) is 75.7 Å². The van der Waals surface area contributed by atoms with Crippen LogP contribution < -0.4 is 5.32 Å². The number of likely N-dealkylation sites (tertiary alicyclic amines) is 1. The molecule has 2 fully saturated rings. The first-order chi connectivity index (χ1) is 10.00. The molecule has 0 aromatic carbocycles. The molecule has 2 heterocycles. The molecule has 7 heteroatoms. The second-order valence-electron chi connectivity index (χ2n) is 5.94. The highest BCUT2D eigenvalue weighted by atomic mass is 32.2. The smallest absolute Gasteiger partial charge is 0.224 e. The molecule has 2 saturated heterocycles. The first kappa shape index (κ1) is 16.7. The normalized spacial score (nSPS) is 29.3. The number of nitrogens with zero attached hydrogens (tertiary/aromatic N) is 1. The highest BCUT2D eigenvalue weighted by molar-refractivity contribution is 7.91. The van der Waals surface area contributed by atoms with Gasteiger partial charge in [0.1, 0.15) is 0 Å². The zero-order valence-corrected chi connectivity index (χ0v) is 13.5. The molecule has 21 heavy (non-hydrogen) atoms. The van der Waals surface area contributed by atoms with Crippen LogP contribution in [0.2, 0.25) is 0 Å². The summed E-state index contributed by atoms with van der Waals surface area (Å²) in [6, 6.07) is -0.242. The molecule has 0 aromatic heterocycles. The molecule has 0 radical (unpaired) electrons. The molecular weight excluding hydrogens is 292 g/mol. The average Bonchev–Trinajstić information content (AvgIpc) is 2.44. The lowest BCUT2D eigenvalue weighted by atomic mass is 10.1. The van der Waals surface area contributed by atoms with Gasteiger partial charge in [-0.3, -0.25) is 4.79 Å². The Morgan fingerprint density at radius 1 is 1.43 bits per heavy atom. The van der Waals surface area contributed by atoms with Gasteiger partial charge < -0.3 is 15.0 Å². The van der Waals surface area contributed by atoms with Crippen molar-refractivity contribution in [3.05, 3.63) is 0 Å². The van der Waals surface area contributed by atoms with Crippen molar-refractivity contribution in [2.45, 2.75) is 44.8 Å². The zero-order chi connectivity index (χ0) is 15.3. The minimum absolute atomic E-state index is 0.0365. The Bertz CT molecular complexity index is 452. The standard InChI is InChI=1S/C14H26N2O4S/c1-2-7-20-13-4-3-6-16(10-13)14(17)9-12-11-21(18,19)8-5-15-12/h12-13,15H,2-11H2,1H3. The summed E-state index contributed by atoms with van der Waals surface area (Å²) in [7, 11) is -2.99. The largest absolute Gasteiger partial charge is 0.376 e. The highest BCUT2D eigenvalue weighted by Gasteiger charge is 2.29. The maximum atomic E-state index is 12.3. The SMILES string of the molecule is CCCOC1CCCN(C(=O)CC2CS(=O)(=O)CCN2)C1. The Morgan fingerprint density at radius 3 is 2.95 bits per heavy atom. The third-order valence-corrected chi connectivity index (χ3v) is 5.75. The molecule has 0 saturated carbocycles. The lowest BCUT2D eigenvalue weighted by Crippen LogP contribution is -2.50. The van der Waals surface area contributed by atoms with Crippen molar-refractivity contribution in [1.29, 1.82) is 0 Å². The Kier molecular flexibility index (Phi) is 6.01. The number of sulfone groups is 1. The molecule has 2 aliphatic heterocycles. The van der Waals surface area contributed by atoms with Gasteiger partial charge in [0.05, 0.1) is 17.6 Å². The summed E-state index contributed by atoms with van der Waals surface area (Å²) in [5, 5.41) is 3.13. The van der Waals surface area contributed by atoms with Crippen LogP contribution >= 0.6 is 0 Å². The van der Waals surface area contributed by atoms with E-state index in [1.807, 2.05) is 4.90 Å². The van der Waals surface area contributed by atoms with E-state index in [9.17, 15) is 13.2 Å². The van der Waals surface area contributed by atoms with E-state index in [-0.39, 0.29) is 36.0 Å². The van der Waals surface area contributed by atoms with Crippen LogP contribution in [0.1, 0.15) is 32.6 Å². The summed E-state index contributed by atoms with van der Waals surface area (Å²) in [6.07, 6.45) is 3.33. The second-order valence-corrected chi connectivity index (χ2v) is 8.17. The van der Waals surface area contributed by atoms with Gasteiger partial charge in [-0.15, -0.1) is 0 Å². The minimum Gasteiger partial charge on any atom is -0.376 e. The number of rotatable bonds is 5. The Balaban J connectivity index is 1.82. The van der Waals surface area contributed by atoms with Crippen molar-refractivity contribution in [3.63, 3.8) is 0 Å². The van der Waals surface area contributed by atoms with Crippen LogP contribution in [0, 0.1) is 0 Å². The third-order valence-electron chi connectivity index (χ3n) is 4.01. The number of carbonyl (C=O) groups is 1. The summed E-state index contributed by atoms with van der Waals surface area (Å²) in [5.41, 5.74) is 0. The van der Waals surface area contributed by atoms with Crippen LogP contribution in [0.25, 0.3) is 0 Å². The summed E-state index contributed by atoms with van der Waals surface area (Å²) >= 11 is 0. The molecule has 1 N–H and O–H groups in total. The maximum absolute atomic E-state index is 12.3. The maximum Gasteiger partial charge on any atom is 0.224 e. The predicted octanol–water partition coefficient (Wildman–Crippen LogP) is 0.181. The van der Waals surface area contributed by atoms with Crippen molar-refractivity contribution in [1.82, 2.24) is 10.2 Å². The van der Waals surface area contributed by atoms with E-state index in [0.29, 0.717) is 13.1 Å².